The van der Waals surface area contributed by atoms with Crippen molar-refractivity contribution in [3.8, 4) is 0 Å². The zero-order valence-electron chi connectivity index (χ0n) is 17.7. The monoisotopic (exact) mass is 425 g/mol. The first-order valence-corrected chi connectivity index (χ1v) is 11.6. The summed E-state index contributed by atoms with van der Waals surface area (Å²) in [7, 11) is -3.53. The summed E-state index contributed by atoms with van der Waals surface area (Å²) >= 11 is 0. The Hall–Kier alpha value is -1.97. The SMILES string of the molecule is CCCNC(=O)[C@H](C)NC(=O)C[NH+]1CCN(S(=O)(=O)c2ccc(C)cc2C)CC1. The number of carbonyl (C=O) groups excluding carboxylic acids is 2. The minimum Gasteiger partial charge on any atom is -0.354 e. The van der Waals surface area contributed by atoms with Crippen LogP contribution < -0.4 is 15.5 Å². The minimum atomic E-state index is -3.53. The van der Waals surface area contributed by atoms with Gasteiger partial charge in [-0.25, -0.2) is 8.42 Å². The molecule has 1 saturated heterocycles. The Morgan fingerprint density at radius 2 is 1.86 bits per heavy atom. The van der Waals surface area contributed by atoms with Crippen LogP contribution in [0.4, 0.5) is 0 Å². The highest BCUT2D eigenvalue weighted by atomic mass is 32.2. The third kappa shape index (κ3) is 6.25. The summed E-state index contributed by atoms with van der Waals surface area (Å²) in [6, 6.07) is 4.76. The van der Waals surface area contributed by atoms with Crippen LogP contribution in [-0.2, 0) is 19.6 Å². The van der Waals surface area contributed by atoms with Gasteiger partial charge in [0, 0.05) is 6.54 Å². The number of carbonyl (C=O) groups is 2. The zero-order chi connectivity index (χ0) is 21.6. The van der Waals surface area contributed by atoms with Crippen molar-refractivity contribution in [2.45, 2.75) is 45.1 Å². The molecule has 9 heteroatoms. The van der Waals surface area contributed by atoms with Gasteiger partial charge in [-0.1, -0.05) is 24.6 Å². The van der Waals surface area contributed by atoms with Crippen molar-refractivity contribution in [1.82, 2.24) is 14.9 Å². The topological polar surface area (TPSA) is 100 Å². The molecule has 1 aromatic rings. The van der Waals surface area contributed by atoms with Gasteiger partial charge in [-0.15, -0.1) is 0 Å². The molecule has 1 aromatic carbocycles. The van der Waals surface area contributed by atoms with Crippen LogP contribution in [0.15, 0.2) is 23.1 Å². The molecule has 0 spiro atoms. The first-order valence-electron chi connectivity index (χ1n) is 10.1. The van der Waals surface area contributed by atoms with Crippen molar-refractivity contribution >= 4 is 21.8 Å². The molecule has 3 N–H and O–H groups in total. The van der Waals surface area contributed by atoms with E-state index in [4.69, 9.17) is 0 Å². The predicted molar refractivity (Wildman–Crippen MR) is 111 cm³/mol. The molecule has 0 bridgehead atoms. The van der Waals surface area contributed by atoms with Gasteiger partial charge in [0.25, 0.3) is 5.91 Å². The molecule has 0 radical (unpaired) electrons. The van der Waals surface area contributed by atoms with E-state index in [9.17, 15) is 18.0 Å². The van der Waals surface area contributed by atoms with Crippen LogP contribution in [0.3, 0.4) is 0 Å². The van der Waals surface area contributed by atoms with Crippen molar-refractivity contribution in [3.63, 3.8) is 0 Å². The van der Waals surface area contributed by atoms with Gasteiger partial charge in [0.05, 0.1) is 31.1 Å². The predicted octanol–water partition coefficient (Wildman–Crippen LogP) is -0.776. The summed E-state index contributed by atoms with van der Waals surface area (Å²) in [6.07, 6.45) is 0.839. The normalized spacial score (nSPS) is 17.0. The third-order valence-corrected chi connectivity index (χ3v) is 7.17. The van der Waals surface area contributed by atoms with Gasteiger partial charge < -0.3 is 15.5 Å². The second-order valence-corrected chi connectivity index (χ2v) is 9.59. The highest BCUT2D eigenvalue weighted by molar-refractivity contribution is 7.89. The standard InChI is InChI=1S/C20H32N4O4S/c1-5-8-21-20(26)17(4)22-19(25)14-23-9-11-24(12-10-23)29(27,28)18-7-6-15(2)13-16(18)3/h6-7,13,17H,5,8-12,14H2,1-4H3,(H,21,26)(H,22,25)/p+1/t17-/m0/s1. The number of benzene rings is 1. The summed E-state index contributed by atoms with van der Waals surface area (Å²) in [5.41, 5.74) is 1.77. The van der Waals surface area contributed by atoms with E-state index in [1.807, 2.05) is 32.9 Å². The zero-order valence-corrected chi connectivity index (χ0v) is 18.6. The van der Waals surface area contributed by atoms with Gasteiger partial charge in [-0.05, 0) is 38.8 Å². The third-order valence-electron chi connectivity index (χ3n) is 5.11. The molecule has 1 aliphatic heterocycles. The number of quaternary nitrogens is 1. The second kappa shape index (κ2) is 10.2. The molecule has 0 unspecified atom stereocenters. The van der Waals surface area contributed by atoms with Gasteiger partial charge in [0.15, 0.2) is 6.54 Å². The summed E-state index contributed by atoms with van der Waals surface area (Å²) < 4.78 is 27.4. The van der Waals surface area contributed by atoms with Crippen LogP contribution in [0, 0.1) is 13.8 Å². The number of rotatable bonds is 8. The average molecular weight is 426 g/mol. The van der Waals surface area contributed by atoms with Gasteiger partial charge in [-0.3, -0.25) is 9.59 Å². The lowest BCUT2D eigenvalue weighted by molar-refractivity contribution is -0.895. The Morgan fingerprint density at radius 3 is 2.45 bits per heavy atom. The molecule has 1 aliphatic rings. The lowest BCUT2D eigenvalue weighted by Gasteiger charge is -2.31. The lowest BCUT2D eigenvalue weighted by atomic mass is 10.2. The molecule has 0 saturated carbocycles. The fraction of sp³-hybridized carbons (Fsp3) is 0.600. The van der Waals surface area contributed by atoms with Crippen LogP contribution >= 0.6 is 0 Å². The maximum atomic E-state index is 12.9. The summed E-state index contributed by atoms with van der Waals surface area (Å²) in [5, 5.41) is 5.47. The van der Waals surface area contributed by atoms with Crippen molar-refractivity contribution in [2.75, 3.05) is 39.3 Å². The summed E-state index contributed by atoms with van der Waals surface area (Å²) in [4.78, 5) is 25.4. The van der Waals surface area contributed by atoms with Crippen molar-refractivity contribution in [2.24, 2.45) is 0 Å². The average Bonchev–Trinajstić information content (AvgIpc) is 2.66. The van der Waals surface area contributed by atoms with Crippen molar-refractivity contribution in [3.05, 3.63) is 29.3 Å². The molecular weight excluding hydrogens is 392 g/mol. The highest BCUT2D eigenvalue weighted by Crippen LogP contribution is 2.20. The van der Waals surface area contributed by atoms with Crippen molar-refractivity contribution in [1.29, 1.82) is 0 Å². The van der Waals surface area contributed by atoms with E-state index >= 15 is 0 Å². The Kier molecular flexibility index (Phi) is 8.18. The van der Waals surface area contributed by atoms with Gasteiger partial charge in [-0.2, -0.15) is 4.31 Å². The lowest BCUT2D eigenvalue weighted by Crippen LogP contribution is -3.15. The fourth-order valence-electron chi connectivity index (χ4n) is 3.43. The van der Waals surface area contributed by atoms with Crippen LogP contribution in [0.2, 0.25) is 0 Å². The number of nitrogens with zero attached hydrogens (tertiary/aromatic N) is 1. The Balaban J connectivity index is 1.87. The van der Waals surface area contributed by atoms with Gasteiger partial charge in [0.1, 0.15) is 6.04 Å². The van der Waals surface area contributed by atoms with E-state index < -0.39 is 16.1 Å². The smallest absolute Gasteiger partial charge is 0.275 e. The summed E-state index contributed by atoms with van der Waals surface area (Å²) in [6.45, 7) is 10.0. The molecule has 1 heterocycles. The maximum Gasteiger partial charge on any atom is 0.275 e. The molecule has 162 valence electrons. The number of aryl methyl sites for hydroxylation is 2. The highest BCUT2D eigenvalue weighted by Gasteiger charge is 2.32. The van der Waals surface area contributed by atoms with E-state index in [1.54, 1.807) is 13.0 Å². The van der Waals surface area contributed by atoms with E-state index in [2.05, 4.69) is 10.6 Å². The number of nitrogens with one attached hydrogen (secondary N) is 3. The molecule has 0 aromatic heterocycles. The second-order valence-electron chi connectivity index (χ2n) is 7.68. The van der Waals surface area contributed by atoms with E-state index in [0.717, 1.165) is 22.4 Å². The number of piperazine rings is 1. The first kappa shape index (κ1) is 23.3. The Morgan fingerprint density at radius 1 is 1.21 bits per heavy atom. The molecule has 1 atom stereocenters. The molecule has 2 rings (SSSR count). The molecule has 2 amide bonds. The maximum absolute atomic E-state index is 12.9. The Bertz CT molecular complexity index is 833. The number of sulfonamides is 1. The van der Waals surface area contributed by atoms with Gasteiger partial charge in [0.2, 0.25) is 15.9 Å². The summed E-state index contributed by atoms with van der Waals surface area (Å²) in [5.74, 6) is -0.399. The van der Waals surface area contributed by atoms with Crippen LogP contribution in [-0.4, -0.2) is 69.8 Å². The first-order chi connectivity index (χ1) is 13.6. The molecule has 0 aliphatic carbocycles. The molecule has 8 nitrogen and oxygen atoms in total. The van der Waals surface area contributed by atoms with Crippen LogP contribution in [0.25, 0.3) is 0 Å². The van der Waals surface area contributed by atoms with Crippen LogP contribution in [0.5, 0.6) is 0 Å². The molecule has 1 fully saturated rings. The van der Waals surface area contributed by atoms with Crippen LogP contribution in [0.1, 0.15) is 31.4 Å². The van der Waals surface area contributed by atoms with Gasteiger partial charge >= 0.3 is 0 Å². The number of hydrogen-bond acceptors (Lipinski definition) is 4. The largest absolute Gasteiger partial charge is 0.354 e. The number of amides is 2. The fourth-order valence-corrected chi connectivity index (χ4v) is 5.08. The van der Waals surface area contributed by atoms with E-state index in [-0.39, 0.29) is 18.4 Å². The quantitative estimate of drug-likeness (QED) is 0.509. The van der Waals surface area contributed by atoms with E-state index in [1.165, 1.54) is 4.31 Å². The number of hydrogen-bond donors (Lipinski definition) is 3. The molecule has 29 heavy (non-hydrogen) atoms. The Labute approximate surface area is 173 Å². The van der Waals surface area contributed by atoms with E-state index in [0.29, 0.717) is 37.6 Å². The molecular formula is C20H33N4O4S+. The van der Waals surface area contributed by atoms with Crippen molar-refractivity contribution < 1.29 is 22.9 Å². The minimum absolute atomic E-state index is 0.195.